The van der Waals surface area contributed by atoms with Crippen LogP contribution >= 0.6 is 0 Å². The van der Waals surface area contributed by atoms with E-state index in [9.17, 15) is 4.79 Å². The molecule has 1 fully saturated rings. The zero-order valence-electron chi connectivity index (χ0n) is 14.1. The van der Waals surface area contributed by atoms with Gasteiger partial charge in [-0.3, -0.25) is 4.79 Å². The Morgan fingerprint density at radius 2 is 1.91 bits per heavy atom. The number of rotatable bonds is 2. The van der Waals surface area contributed by atoms with Crippen LogP contribution < -0.4 is 0 Å². The molecular weight excluding hydrogens is 290 g/mol. The molecular formula is C18H23N3O2. The molecule has 5 nitrogen and oxygen atoms in total. The summed E-state index contributed by atoms with van der Waals surface area (Å²) in [5.74, 6) is 0.910. The van der Waals surface area contributed by atoms with Gasteiger partial charge < -0.3 is 14.2 Å². The third kappa shape index (κ3) is 3.01. The van der Waals surface area contributed by atoms with E-state index in [1.807, 2.05) is 61.4 Å². The molecule has 0 aliphatic carbocycles. The van der Waals surface area contributed by atoms with E-state index in [0.717, 1.165) is 22.8 Å². The fourth-order valence-corrected chi connectivity index (χ4v) is 3.33. The van der Waals surface area contributed by atoms with Gasteiger partial charge in [0.05, 0.1) is 17.8 Å². The number of carbonyl (C=O) groups excluding carboxylic acids is 1. The minimum Gasteiger partial charge on any atom is -0.372 e. The molecule has 2 atom stereocenters. The first-order valence-corrected chi connectivity index (χ1v) is 8.02. The van der Waals surface area contributed by atoms with Crippen LogP contribution in [0.4, 0.5) is 0 Å². The predicted molar refractivity (Wildman–Crippen MR) is 89.0 cm³/mol. The number of nitrogens with zero attached hydrogens (tertiary/aromatic N) is 3. The number of amides is 1. The van der Waals surface area contributed by atoms with Gasteiger partial charge in [0.2, 0.25) is 0 Å². The quantitative estimate of drug-likeness (QED) is 0.856. The molecule has 0 aromatic carbocycles. The summed E-state index contributed by atoms with van der Waals surface area (Å²) in [6.45, 7) is 9.26. The molecule has 3 heterocycles. The van der Waals surface area contributed by atoms with Crippen LogP contribution in [-0.4, -0.2) is 45.7 Å². The smallest absolute Gasteiger partial charge is 0.255 e. The molecule has 0 N–H and O–H groups in total. The van der Waals surface area contributed by atoms with Gasteiger partial charge in [0.1, 0.15) is 5.82 Å². The Morgan fingerprint density at radius 3 is 2.52 bits per heavy atom. The molecule has 1 aliphatic heterocycles. The summed E-state index contributed by atoms with van der Waals surface area (Å²) in [6.07, 6.45) is 1.91. The summed E-state index contributed by atoms with van der Waals surface area (Å²) in [4.78, 5) is 19.2. The first kappa shape index (κ1) is 15.7. The van der Waals surface area contributed by atoms with Crippen LogP contribution in [0.5, 0.6) is 0 Å². The van der Waals surface area contributed by atoms with Gasteiger partial charge in [-0.05, 0) is 45.9 Å². The van der Waals surface area contributed by atoms with E-state index >= 15 is 0 Å². The highest BCUT2D eigenvalue weighted by Gasteiger charge is 2.28. The van der Waals surface area contributed by atoms with E-state index in [0.29, 0.717) is 13.1 Å². The van der Waals surface area contributed by atoms with Crippen molar-refractivity contribution in [3.63, 3.8) is 0 Å². The predicted octanol–water partition coefficient (Wildman–Crippen LogP) is 2.74. The van der Waals surface area contributed by atoms with Crippen molar-refractivity contribution in [2.24, 2.45) is 0 Å². The molecule has 2 aromatic rings. The molecule has 0 bridgehead atoms. The topological polar surface area (TPSA) is 47.4 Å². The van der Waals surface area contributed by atoms with Crippen LogP contribution in [0.1, 0.15) is 35.6 Å². The minimum atomic E-state index is 0.0713. The van der Waals surface area contributed by atoms with Gasteiger partial charge in [0.15, 0.2) is 0 Å². The van der Waals surface area contributed by atoms with Gasteiger partial charge in [0, 0.05) is 30.7 Å². The average molecular weight is 313 g/mol. The zero-order chi connectivity index (χ0) is 16.6. The largest absolute Gasteiger partial charge is 0.372 e. The number of carbonyl (C=O) groups is 1. The number of hydrogen-bond donors (Lipinski definition) is 0. The number of morpholine rings is 1. The van der Waals surface area contributed by atoms with Gasteiger partial charge in [-0.15, -0.1) is 0 Å². The van der Waals surface area contributed by atoms with Gasteiger partial charge in [-0.1, -0.05) is 6.07 Å². The molecule has 23 heavy (non-hydrogen) atoms. The second-order valence-electron chi connectivity index (χ2n) is 6.28. The first-order valence-electron chi connectivity index (χ1n) is 8.02. The van der Waals surface area contributed by atoms with Crippen LogP contribution in [0, 0.1) is 13.8 Å². The van der Waals surface area contributed by atoms with Gasteiger partial charge in [-0.25, -0.2) is 4.98 Å². The molecule has 1 amide bonds. The molecule has 2 unspecified atom stereocenters. The van der Waals surface area contributed by atoms with Crippen molar-refractivity contribution in [3.8, 4) is 5.82 Å². The molecule has 122 valence electrons. The van der Waals surface area contributed by atoms with E-state index in [-0.39, 0.29) is 18.1 Å². The lowest BCUT2D eigenvalue weighted by molar-refractivity contribution is -0.0586. The fourth-order valence-electron chi connectivity index (χ4n) is 3.33. The number of ether oxygens (including phenoxy) is 1. The maximum absolute atomic E-state index is 12.9. The Balaban J connectivity index is 1.93. The monoisotopic (exact) mass is 313 g/mol. The second-order valence-corrected chi connectivity index (χ2v) is 6.28. The fraction of sp³-hybridized carbons (Fsp3) is 0.444. The molecule has 0 saturated carbocycles. The molecule has 3 rings (SSSR count). The van der Waals surface area contributed by atoms with Gasteiger partial charge in [0.25, 0.3) is 5.91 Å². The van der Waals surface area contributed by atoms with Crippen LogP contribution in [0.3, 0.4) is 0 Å². The van der Waals surface area contributed by atoms with Crippen molar-refractivity contribution in [1.82, 2.24) is 14.5 Å². The third-order valence-electron chi connectivity index (χ3n) is 4.25. The SMILES string of the molecule is Cc1cc(C(=O)N2CC(C)OC(C)C2)c(C)n1-c1ccccn1. The molecule has 0 radical (unpaired) electrons. The molecule has 1 aliphatic rings. The number of pyridine rings is 1. The third-order valence-corrected chi connectivity index (χ3v) is 4.25. The van der Waals surface area contributed by atoms with Crippen LogP contribution in [0.2, 0.25) is 0 Å². The molecule has 0 spiro atoms. The van der Waals surface area contributed by atoms with Crippen LogP contribution in [0.15, 0.2) is 30.5 Å². The molecule has 5 heteroatoms. The standard InChI is InChI=1S/C18H23N3O2/c1-12-9-16(15(4)21(12)17-7-5-6-8-19-17)18(22)20-10-13(2)23-14(3)11-20/h5-9,13-14H,10-11H2,1-4H3. The normalized spacial score (nSPS) is 21.5. The summed E-state index contributed by atoms with van der Waals surface area (Å²) >= 11 is 0. The van der Waals surface area contributed by atoms with Crippen molar-refractivity contribution >= 4 is 5.91 Å². The highest BCUT2D eigenvalue weighted by atomic mass is 16.5. The summed E-state index contributed by atoms with van der Waals surface area (Å²) in [5, 5.41) is 0. The Kier molecular flexibility index (Phi) is 4.22. The Morgan fingerprint density at radius 1 is 1.22 bits per heavy atom. The van der Waals surface area contributed by atoms with E-state index < -0.39 is 0 Å². The summed E-state index contributed by atoms with van der Waals surface area (Å²) in [6, 6.07) is 7.75. The minimum absolute atomic E-state index is 0.0713. The Hall–Kier alpha value is -2.14. The highest BCUT2D eigenvalue weighted by Crippen LogP contribution is 2.22. The number of aromatic nitrogens is 2. The first-order chi connectivity index (χ1) is 11.0. The van der Waals surface area contributed by atoms with Crippen LogP contribution in [0.25, 0.3) is 5.82 Å². The lowest BCUT2D eigenvalue weighted by atomic mass is 10.1. The van der Waals surface area contributed by atoms with E-state index in [2.05, 4.69) is 4.98 Å². The Labute approximate surface area is 136 Å². The van der Waals surface area contributed by atoms with Gasteiger partial charge in [-0.2, -0.15) is 0 Å². The van der Waals surface area contributed by atoms with Crippen molar-refractivity contribution in [2.45, 2.75) is 39.9 Å². The van der Waals surface area contributed by atoms with Crippen molar-refractivity contribution < 1.29 is 9.53 Å². The molecule has 2 aromatic heterocycles. The van der Waals surface area contributed by atoms with E-state index in [1.54, 1.807) is 6.20 Å². The lowest BCUT2D eigenvalue weighted by Crippen LogP contribution is -2.48. The number of hydrogen-bond acceptors (Lipinski definition) is 3. The average Bonchev–Trinajstić information content (AvgIpc) is 2.81. The van der Waals surface area contributed by atoms with Crippen molar-refractivity contribution in [3.05, 3.63) is 47.4 Å². The van der Waals surface area contributed by atoms with Gasteiger partial charge >= 0.3 is 0 Å². The Bertz CT molecular complexity index is 699. The maximum Gasteiger partial charge on any atom is 0.255 e. The van der Waals surface area contributed by atoms with Crippen molar-refractivity contribution in [2.75, 3.05) is 13.1 Å². The number of aryl methyl sites for hydroxylation is 1. The maximum atomic E-state index is 12.9. The zero-order valence-corrected chi connectivity index (χ0v) is 14.1. The lowest BCUT2D eigenvalue weighted by Gasteiger charge is -2.35. The summed E-state index contributed by atoms with van der Waals surface area (Å²) in [5.41, 5.74) is 2.69. The summed E-state index contributed by atoms with van der Waals surface area (Å²) in [7, 11) is 0. The van der Waals surface area contributed by atoms with Crippen LogP contribution in [-0.2, 0) is 4.74 Å². The summed E-state index contributed by atoms with van der Waals surface area (Å²) < 4.78 is 7.75. The van der Waals surface area contributed by atoms with Crippen molar-refractivity contribution in [1.29, 1.82) is 0 Å². The van der Waals surface area contributed by atoms with E-state index in [1.165, 1.54) is 0 Å². The highest BCUT2D eigenvalue weighted by molar-refractivity contribution is 5.96. The molecule has 1 saturated heterocycles. The van der Waals surface area contributed by atoms with E-state index in [4.69, 9.17) is 4.74 Å². The second kappa shape index (κ2) is 6.16.